The van der Waals surface area contributed by atoms with E-state index in [4.69, 9.17) is 4.42 Å². The monoisotopic (exact) mass is 229 g/mol. The molecule has 0 unspecified atom stereocenters. The Bertz CT molecular complexity index is 367. The Kier molecular flexibility index (Phi) is 2.69. The zero-order chi connectivity index (χ0) is 11.8. The van der Waals surface area contributed by atoms with Crippen molar-refractivity contribution in [1.82, 2.24) is 4.90 Å². The number of nitrogens with zero attached hydrogens (tertiary/aromatic N) is 1. The van der Waals surface area contributed by atoms with Gasteiger partial charge in [0.15, 0.2) is 0 Å². The molecule has 1 saturated carbocycles. The topological polar surface area (TPSA) is 33.5 Å². The Labute approximate surface area is 92.0 Å². The van der Waals surface area contributed by atoms with E-state index in [2.05, 4.69) is 0 Å². The molecule has 5 heteroatoms. The first-order valence-electron chi connectivity index (χ1n) is 5.13. The normalized spacial score (nSPS) is 19.2. The van der Waals surface area contributed by atoms with Crippen molar-refractivity contribution in [1.29, 1.82) is 0 Å². The molecule has 1 heterocycles. The van der Waals surface area contributed by atoms with Gasteiger partial charge in [-0.2, -0.15) is 0 Å². The molecule has 1 aromatic heterocycles. The third-order valence-electron chi connectivity index (χ3n) is 2.79. The highest BCUT2D eigenvalue weighted by atomic mass is 19.3. The zero-order valence-electron chi connectivity index (χ0n) is 8.95. The van der Waals surface area contributed by atoms with Crippen molar-refractivity contribution in [3.8, 4) is 0 Å². The number of halogens is 2. The molecule has 1 amide bonds. The van der Waals surface area contributed by atoms with Gasteiger partial charge in [-0.05, 0) is 12.1 Å². The largest absolute Gasteiger partial charge is 0.467 e. The van der Waals surface area contributed by atoms with Crippen molar-refractivity contribution < 1.29 is 18.0 Å². The van der Waals surface area contributed by atoms with Crippen molar-refractivity contribution >= 4 is 5.91 Å². The van der Waals surface area contributed by atoms with Crippen molar-refractivity contribution in [3.05, 3.63) is 24.2 Å². The summed E-state index contributed by atoms with van der Waals surface area (Å²) in [4.78, 5) is 13.1. The third kappa shape index (κ3) is 2.23. The standard InChI is InChI=1S/C11H13F2NO2/c1-14(7-9-3-2-4-16-9)10(15)8-5-11(12,13)6-8/h2-4,8H,5-7H2,1H3. The first kappa shape index (κ1) is 11.1. The lowest BCUT2D eigenvalue weighted by Gasteiger charge is -2.35. The van der Waals surface area contributed by atoms with Crippen LogP contribution in [0, 0.1) is 5.92 Å². The number of carbonyl (C=O) groups excluding carboxylic acids is 1. The summed E-state index contributed by atoms with van der Waals surface area (Å²) in [5, 5.41) is 0. The van der Waals surface area contributed by atoms with Crippen molar-refractivity contribution in [2.45, 2.75) is 25.3 Å². The van der Waals surface area contributed by atoms with E-state index in [0.717, 1.165) is 0 Å². The van der Waals surface area contributed by atoms with Gasteiger partial charge < -0.3 is 9.32 Å². The molecule has 0 aromatic carbocycles. The molecule has 1 fully saturated rings. The second-order valence-corrected chi connectivity index (χ2v) is 4.23. The average Bonchev–Trinajstić information content (AvgIpc) is 2.65. The lowest BCUT2D eigenvalue weighted by atomic mass is 9.80. The molecule has 2 rings (SSSR count). The Balaban J connectivity index is 1.86. The van der Waals surface area contributed by atoms with Crippen LogP contribution in [0.25, 0.3) is 0 Å². The van der Waals surface area contributed by atoms with E-state index < -0.39 is 11.8 Å². The third-order valence-corrected chi connectivity index (χ3v) is 2.79. The maximum Gasteiger partial charge on any atom is 0.249 e. The summed E-state index contributed by atoms with van der Waals surface area (Å²) in [6.07, 6.45) is 0.869. The molecule has 3 nitrogen and oxygen atoms in total. The summed E-state index contributed by atoms with van der Waals surface area (Å²) < 4.78 is 30.3. The second-order valence-electron chi connectivity index (χ2n) is 4.23. The molecule has 0 N–H and O–H groups in total. The summed E-state index contributed by atoms with van der Waals surface area (Å²) in [6.45, 7) is 0.327. The quantitative estimate of drug-likeness (QED) is 0.796. The van der Waals surface area contributed by atoms with Gasteiger partial charge >= 0.3 is 0 Å². The van der Waals surface area contributed by atoms with Gasteiger partial charge in [-0.3, -0.25) is 4.79 Å². The number of carbonyl (C=O) groups is 1. The Morgan fingerprint density at radius 2 is 2.31 bits per heavy atom. The Morgan fingerprint density at radius 3 is 2.81 bits per heavy atom. The Hall–Kier alpha value is -1.39. The summed E-state index contributed by atoms with van der Waals surface area (Å²) in [7, 11) is 1.60. The van der Waals surface area contributed by atoms with Crippen LogP contribution in [0.15, 0.2) is 22.8 Å². The molecule has 0 spiro atoms. The number of amides is 1. The molecule has 0 bridgehead atoms. The van der Waals surface area contributed by atoms with Crippen molar-refractivity contribution in [2.24, 2.45) is 5.92 Å². The minimum atomic E-state index is -2.65. The van der Waals surface area contributed by atoms with Crippen LogP contribution in [0.4, 0.5) is 8.78 Å². The lowest BCUT2D eigenvalue weighted by molar-refractivity contribution is -0.159. The van der Waals surface area contributed by atoms with Gasteiger partial charge in [-0.1, -0.05) is 0 Å². The number of furan rings is 1. The molecule has 1 aliphatic carbocycles. The average molecular weight is 229 g/mol. The molecule has 0 saturated heterocycles. The smallest absolute Gasteiger partial charge is 0.249 e. The molecule has 16 heavy (non-hydrogen) atoms. The van der Waals surface area contributed by atoms with E-state index in [-0.39, 0.29) is 18.7 Å². The van der Waals surface area contributed by atoms with E-state index in [1.165, 1.54) is 11.2 Å². The van der Waals surface area contributed by atoms with Crippen molar-refractivity contribution in [3.63, 3.8) is 0 Å². The summed E-state index contributed by atoms with van der Waals surface area (Å²) in [5.41, 5.74) is 0. The van der Waals surface area contributed by atoms with E-state index in [1.807, 2.05) is 0 Å². The molecular formula is C11H13F2NO2. The molecule has 1 aromatic rings. The predicted molar refractivity (Wildman–Crippen MR) is 52.9 cm³/mol. The highest BCUT2D eigenvalue weighted by molar-refractivity contribution is 5.79. The van der Waals surface area contributed by atoms with Crippen LogP contribution in [-0.2, 0) is 11.3 Å². The molecule has 0 atom stereocenters. The van der Waals surface area contributed by atoms with Crippen molar-refractivity contribution in [2.75, 3.05) is 7.05 Å². The van der Waals surface area contributed by atoms with E-state index in [9.17, 15) is 13.6 Å². The first-order valence-corrected chi connectivity index (χ1v) is 5.13. The van der Waals surface area contributed by atoms with E-state index in [0.29, 0.717) is 12.3 Å². The number of hydrogen-bond acceptors (Lipinski definition) is 2. The van der Waals surface area contributed by atoms with Gasteiger partial charge in [0, 0.05) is 25.8 Å². The number of rotatable bonds is 3. The molecule has 88 valence electrons. The SMILES string of the molecule is CN(Cc1ccco1)C(=O)C1CC(F)(F)C1. The van der Waals surface area contributed by atoms with Crippen LogP contribution >= 0.6 is 0 Å². The maximum atomic E-state index is 12.6. The highest BCUT2D eigenvalue weighted by Crippen LogP contribution is 2.43. The predicted octanol–water partition coefficient (Wildman–Crippen LogP) is 2.28. The minimum absolute atomic E-state index is 0.234. The fourth-order valence-corrected chi connectivity index (χ4v) is 1.86. The fourth-order valence-electron chi connectivity index (χ4n) is 1.86. The van der Waals surface area contributed by atoms with Gasteiger partial charge in [0.05, 0.1) is 12.8 Å². The highest BCUT2D eigenvalue weighted by Gasteiger charge is 2.49. The number of hydrogen-bond donors (Lipinski definition) is 0. The van der Waals surface area contributed by atoms with Crippen LogP contribution in [-0.4, -0.2) is 23.8 Å². The van der Waals surface area contributed by atoms with E-state index in [1.54, 1.807) is 19.2 Å². The zero-order valence-corrected chi connectivity index (χ0v) is 8.95. The second kappa shape index (κ2) is 3.88. The van der Waals surface area contributed by atoms with Crippen LogP contribution in [0.3, 0.4) is 0 Å². The van der Waals surface area contributed by atoms with Gasteiger partial charge in [-0.15, -0.1) is 0 Å². The van der Waals surface area contributed by atoms with Gasteiger partial charge in [0.25, 0.3) is 0 Å². The molecule has 1 aliphatic rings. The summed E-state index contributed by atoms with van der Waals surface area (Å²) in [6, 6.07) is 3.48. The van der Waals surface area contributed by atoms with E-state index >= 15 is 0 Å². The Morgan fingerprint density at radius 1 is 1.62 bits per heavy atom. The maximum absolute atomic E-state index is 12.6. The first-order chi connectivity index (χ1) is 7.48. The van der Waals surface area contributed by atoms with Gasteiger partial charge in [0.2, 0.25) is 11.8 Å². The van der Waals surface area contributed by atoms with Gasteiger partial charge in [-0.25, -0.2) is 8.78 Å². The summed E-state index contributed by atoms with van der Waals surface area (Å²) >= 11 is 0. The van der Waals surface area contributed by atoms with Crippen LogP contribution in [0.5, 0.6) is 0 Å². The number of alkyl halides is 2. The summed E-state index contributed by atoms with van der Waals surface area (Å²) in [5.74, 6) is -2.76. The minimum Gasteiger partial charge on any atom is -0.467 e. The van der Waals surface area contributed by atoms with Crippen LogP contribution in [0.2, 0.25) is 0 Å². The van der Waals surface area contributed by atoms with Gasteiger partial charge in [0.1, 0.15) is 5.76 Å². The fraction of sp³-hybridized carbons (Fsp3) is 0.545. The molecule has 0 aliphatic heterocycles. The van der Waals surface area contributed by atoms with Crippen LogP contribution in [0.1, 0.15) is 18.6 Å². The van der Waals surface area contributed by atoms with Crippen LogP contribution < -0.4 is 0 Å². The molecule has 0 radical (unpaired) electrons. The molecular weight excluding hydrogens is 216 g/mol. The lowest BCUT2D eigenvalue weighted by Crippen LogP contribution is -2.45.